The van der Waals surface area contributed by atoms with Crippen molar-refractivity contribution in [3.63, 3.8) is 0 Å². The Bertz CT molecular complexity index is 626. The Labute approximate surface area is 122 Å². The number of benzene rings is 1. The van der Waals surface area contributed by atoms with Crippen LogP contribution in [0.4, 0.5) is 14.6 Å². The van der Waals surface area contributed by atoms with E-state index in [0.29, 0.717) is 18.0 Å². The van der Waals surface area contributed by atoms with E-state index in [9.17, 15) is 8.78 Å². The van der Waals surface area contributed by atoms with Crippen molar-refractivity contribution in [2.75, 3.05) is 18.4 Å². The van der Waals surface area contributed by atoms with Crippen LogP contribution in [-0.4, -0.2) is 22.9 Å². The Hall–Kier alpha value is -1.95. The SMILES string of the molecule is C[C@H](NC[C@@H]1CNc2ccnn2C1)c1cc(F)ccc1F. The normalized spacial score (nSPS) is 18.9. The quantitative estimate of drug-likeness (QED) is 0.910. The molecule has 0 unspecified atom stereocenters. The summed E-state index contributed by atoms with van der Waals surface area (Å²) in [5, 5.41) is 10.8. The molecule has 2 heterocycles. The molecular formula is C15H18F2N4. The van der Waals surface area contributed by atoms with Gasteiger partial charge in [0.1, 0.15) is 17.5 Å². The molecule has 6 heteroatoms. The van der Waals surface area contributed by atoms with Crippen LogP contribution in [0.25, 0.3) is 0 Å². The minimum atomic E-state index is -0.416. The molecule has 0 saturated heterocycles. The highest BCUT2D eigenvalue weighted by Crippen LogP contribution is 2.20. The fourth-order valence-electron chi connectivity index (χ4n) is 2.62. The topological polar surface area (TPSA) is 41.9 Å². The van der Waals surface area contributed by atoms with Gasteiger partial charge in [-0.2, -0.15) is 5.10 Å². The van der Waals surface area contributed by atoms with Crippen LogP contribution in [0, 0.1) is 17.6 Å². The van der Waals surface area contributed by atoms with Gasteiger partial charge in [0.05, 0.1) is 6.20 Å². The highest BCUT2D eigenvalue weighted by molar-refractivity contribution is 5.35. The predicted octanol–water partition coefficient (Wildman–Crippen LogP) is 2.55. The number of hydrogen-bond acceptors (Lipinski definition) is 3. The Morgan fingerprint density at radius 3 is 3.14 bits per heavy atom. The van der Waals surface area contributed by atoms with Gasteiger partial charge in [-0.3, -0.25) is 0 Å². The molecule has 1 aromatic carbocycles. The van der Waals surface area contributed by atoms with Crippen LogP contribution in [0.3, 0.4) is 0 Å². The van der Waals surface area contributed by atoms with Crippen LogP contribution < -0.4 is 10.6 Å². The summed E-state index contributed by atoms with van der Waals surface area (Å²) in [5.41, 5.74) is 0.360. The second-order valence-electron chi connectivity index (χ2n) is 5.44. The summed E-state index contributed by atoms with van der Waals surface area (Å²) in [4.78, 5) is 0. The van der Waals surface area contributed by atoms with Crippen molar-refractivity contribution >= 4 is 5.82 Å². The Morgan fingerprint density at radius 1 is 1.43 bits per heavy atom. The molecule has 0 radical (unpaired) electrons. The number of halogens is 2. The molecule has 0 amide bonds. The summed E-state index contributed by atoms with van der Waals surface area (Å²) < 4.78 is 28.8. The van der Waals surface area contributed by atoms with Crippen LogP contribution in [-0.2, 0) is 6.54 Å². The summed E-state index contributed by atoms with van der Waals surface area (Å²) in [6.45, 7) is 4.22. The molecule has 1 aromatic heterocycles. The molecule has 4 nitrogen and oxygen atoms in total. The third-order valence-electron chi connectivity index (χ3n) is 3.86. The lowest BCUT2D eigenvalue weighted by Gasteiger charge is -2.26. The van der Waals surface area contributed by atoms with Gasteiger partial charge in [-0.25, -0.2) is 13.5 Å². The molecule has 2 aromatic rings. The number of anilines is 1. The molecule has 0 aliphatic carbocycles. The maximum atomic E-state index is 13.7. The van der Waals surface area contributed by atoms with Crippen molar-refractivity contribution in [3.8, 4) is 0 Å². The molecule has 112 valence electrons. The van der Waals surface area contributed by atoms with Gasteiger partial charge < -0.3 is 10.6 Å². The van der Waals surface area contributed by atoms with Crippen LogP contribution >= 0.6 is 0 Å². The molecule has 2 N–H and O–H groups in total. The Kier molecular flexibility index (Phi) is 3.88. The third-order valence-corrected chi connectivity index (χ3v) is 3.86. The fraction of sp³-hybridized carbons (Fsp3) is 0.400. The molecule has 0 saturated carbocycles. The first-order valence-electron chi connectivity index (χ1n) is 7.07. The average molecular weight is 292 g/mol. The minimum absolute atomic E-state index is 0.236. The van der Waals surface area contributed by atoms with Crippen LogP contribution in [0.2, 0.25) is 0 Å². The van der Waals surface area contributed by atoms with Gasteiger partial charge in [0.15, 0.2) is 0 Å². The second kappa shape index (κ2) is 5.81. The molecular weight excluding hydrogens is 274 g/mol. The first-order valence-corrected chi connectivity index (χ1v) is 7.07. The average Bonchev–Trinajstić information content (AvgIpc) is 2.94. The number of fused-ring (bicyclic) bond motifs is 1. The molecule has 2 atom stereocenters. The summed E-state index contributed by atoms with van der Waals surface area (Å²) in [5.74, 6) is 0.583. The smallest absolute Gasteiger partial charge is 0.128 e. The number of nitrogens with zero attached hydrogens (tertiary/aromatic N) is 2. The summed E-state index contributed by atoms with van der Waals surface area (Å²) in [7, 11) is 0. The summed E-state index contributed by atoms with van der Waals surface area (Å²) in [6, 6.07) is 5.25. The van der Waals surface area contributed by atoms with E-state index in [2.05, 4.69) is 15.7 Å². The number of rotatable bonds is 4. The van der Waals surface area contributed by atoms with Crippen LogP contribution in [0.1, 0.15) is 18.5 Å². The monoisotopic (exact) mass is 292 g/mol. The standard InChI is InChI=1S/C15H18F2N4/c1-10(13-6-12(16)2-3-14(13)17)18-7-11-8-19-15-4-5-20-21(15)9-11/h2-6,10-11,18-19H,7-9H2,1H3/t10-,11+/m0/s1. The van der Waals surface area contributed by atoms with Crippen molar-refractivity contribution in [1.29, 1.82) is 0 Å². The van der Waals surface area contributed by atoms with Gasteiger partial charge in [-0.05, 0) is 25.1 Å². The Morgan fingerprint density at radius 2 is 2.29 bits per heavy atom. The third kappa shape index (κ3) is 3.05. The van der Waals surface area contributed by atoms with E-state index < -0.39 is 5.82 Å². The van der Waals surface area contributed by atoms with Crippen LogP contribution in [0.5, 0.6) is 0 Å². The fourth-order valence-corrected chi connectivity index (χ4v) is 2.62. The molecule has 0 bridgehead atoms. The van der Waals surface area contributed by atoms with E-state index >= 15 is 0 Å². The van der Waals surface area contributed by atoms with Crippen molar-refractivity contribution < 1.29 is 8.78 Å². The van der Waals surface area contributed by atoms with Crippen molar-refractivity contribution in [1.82, 2.24) is 15.1 Å². The highest BCUT2D eigenvalue weighted by atomic mass is 19.1. The van der Waals surface area contributed by atoms with Gasteiger partial charge in [0, 0.05) is 43.2 Å². The highest BCUT2D eigenvalue weighted by Gasteiger charge is 2.19. The molecule has 1 aliphatic rings. The van der Waals surface area contributed by atoms with E-state index in [4.69, 9.17) is 0 Å². The molecule has 3 rings (SSSR count). The maximum Gasteiger partial charge on any atom is 0.128 e. The predicted molar refractivity (Wildman–Crippen MR) is 77.0 cm³/mol. The van der Waals surface area contributed by atoms with E-state index in [-0.39, 0.29) is 11.9 Å². The van der Waals surface area contributed by atoms with Gasteiger partial charge >= 0.3 is 0 Å². The van der Waals surface area contributed by atoms with Gasteiger partial charge in [0.2, 0.25) is 0 Å². The number of aromatic nitrogens is 2. The van der Waals surface area contributed by atoms with E-state index in [1.165, 1.54) is 12.1 Å². The molecule has 0 spiro atoms. The van der Waals surface area contributed by atoms with E-state index in [0.717, 1.165) is 25.0 Å². The van der Waals surface area contributed by atoms with Crippen molar-refractivity contribution in [2.45, 2.75) is 19.5 Å². The second-order valence-corrected chi connectivity index (χ2v) is 5.44. The minimum Gasteiger partial charge on any atom is -0.370 e. The summed E-state index contributed by atoms with van der Waals surface area (Å²) in [6.07, 6.45) is 1.77. The first kappa shape index (κ1) is 14.0. The largest absolute Gasteiger partial charge is 0.370 e. The number of nitrogens with one attached hydrogen (secondary N) is 2. The molecule has 0 fully saturated rings. The zero-order valence-electron chi connectivity index (χ0n) is 11.8. The van der Waals surface area contributed by atoms with E-state index in [1.54, 1.807) is 6.20 Å². The molecule has 21 heavy (non-hydrogen) atoms. The van der Waals surface area contributed by atoms with Crippen molar-refractivity contribution in [3.05, 3.63) is 47.7 Å². The lowest BCUT2D eigenvalue weighted by Crippen LogP contribution is -2.36. The van der Waals surface area contributed by atoms with Crippen molar-refractivity contribution in [2.24, 2.45) is 5.92 Å². The van der Waals surface area contributed by atoms with Crippen LogP contribution in [0.15, 0.2) is 30.5 Å². The maximum absolute atomic E-state index is 13.7. The summed E-state index contributed by atoms with van der Waals surface area (Å²) >= 11 is 0. The first-order chi connectivity index (χ1) is 10.1. The van der Waals surface area contributed by atoms with E-state index in [1.807, 2.05) is 17.7 Å². The van der Waals surface area contributed by atoms with Gasteiger partial charge in [-0.15, -0.1) is 0 Å². The van der Waals surface area contributed by atoms with Gasteiger partial charge in [0.25, 0.3) is 0 Å². The number of hydrogen-bond donors (Lipinski definition) is 2. The Balaban J connectivity index is 1.59. The zero-order chi connectivity index (χ0) is 14.8. The zero-order valence-corrected chi connectivity index (χ0v) is 11.8. The lowest BCUT2D eigenvalue weighted by atomic mass is 10.0. The lowest BCUT2D eigenvalue weighted by molar-refractivity contribution is 0.373. The molecule has 1 aliphatic heterocycles. The van der Waals surface area contributed by atoms with Gasteiger partial charge in [-0.1, -0.05) is 0 Å².